The van der Waals surface area contributed by atoms with Gasteiger partial charge in [0.15, 0.2) is 0 Å². The van der Waals surface area contributed by atoms with Crippen molar-refractivity contribution < 1.29 is 18.0 Å². The van der Waals surface area contributed by atoms with Crippen LogP contribution in [0.15, 0.2) is 77.7 Å². The number of carbonyl (C=O) groups excluding carboxylic acids is 2. The van der Waals surface area contributed by atoms with Crippen molar-refractivity contribution in [2.75, 3.05) is 10.8 Å². The molecule has 0 saturated heterocycles. The Balaban J connectivity index is 2.05. The Kier molecular flexibility index (Phi) is 10.1. The second kappa shape index (κ2) is 12.8. The van der Waals surface area contributed by atoms with E-state index in [1.807, 2.05) is 0 Å². The fourth-order valence-corrected chi connectivity index (χ4v) is 5.78. The van der Waals surface area contributed by atoms with Crippen LogP contribution >= 0.6 is 34.8 Å². The molecular formula is C27H28Cl3N3O4S. The van der Waals surface area contributed by atoms with Gasteiger partial charge in [0, 0.05) is 33.2 Å². The molecule has 11 heteroatoms. The van der Waals surface area contributed by atoms with Crippen LogP contribution in [0.1, 0.15) is 26.3 Å². The first-order valence-corrected chi connectivity index (χ1v) is 14.3. The van der Waals surface area contributed by atoms with Crippen LogP contribution in [0.4, 0.5) is 5.69 Å². The number of amides is 2. The highest BCUT2D eigenvalue weighted by Gasteiger charge is 2.33. The Morgan fingerprint density at radius 1 is 0.842 bits per heavy atom. The van der Waals surface area contributed by atoms with Crippen molar-refractivity contribution >= 4 is 62.3 Å². The van der Waals surface area contributed by atoms with Gasteiger partial charge in [-0.2, -0.15) is 0 Å². The molecule has 1 N–H and O–H groups in total. The summed E-state index contributed by atoms with van der Waals surface area (Å²) >= 11 is 18.8. The summed E-state index contributed by atoms with van der Waals surface area (Å²) in [5.74, 6) is -1.03. The topological polar surface area (TPSA) is 86.8 Å². The van der Waals surface area contributed by atoms with E-state index in [-0.39, 0.29) is 23.2 Å². The molecule has 0 aliphatic carbocycles. The lowest BCUT2D eigenvalue weighted by molar-refractivity contribution is -0.139. The highest BCUT2D eigenvalue weighted by Crippen LogP contribution is 2.28. The van der Waals surface area contributed by atoms with Gasteiger partial charge in [0.1, 0.15) is 12.6 Å². The number of nitrogens with zero attached hydrogens (tertiary/aromatic N) is 2. The lowest BCUT2D eigenvalue weighted by atomic mass is 10.1. The van der Waals surface area contributed by atoms with Crippen molar-refractivity contribution in [2.24, 2.45) is 0 Å². The first-order valence-electron chi connectivity index (χ1n) is 11.8. The van der Waals surface area contributed by atoms with Crippen LogP contribution in [-0.2, 0) is 26.2 Å². The lowest BCUT2D eigenvalue weighted by Gasteiger charge is -2.32. The zero-order valence-corrected chi connectivity index (χ0v) is 24.2. The van der Waals surface area contributed by atoms with Gasteiger partial charge in [0.25, 0.3) is 10.0 Å². The summed E-state index contributed by atoms with van der Waals surface area (Å²) < 4.78 is 28.4. The largest absolute Gasteiger partial charge is 0.352 e. The predicted octanol–water partition coefficient (Wildman–Crippen LogP) is 5.78. The monoisotopic (exact) mass is 595 g/mol. The molecule has 2 amide bonds. The first-order chi connectivity index (χ1) is 17.9. The molecule has 202 valence electrons. The maximum atomic E-state index is 13.9. The van der Waals surface area contributed by atoms with Crippen molar-refractivity contribution in [1.29, 1.82) is 0 Å². The van der Waals surface area contributed by atoms with Crippen LogP contribution < -0.4 is 9.62 Å². The summed E-state index contributed by atoms with van der Waals surface area (Å²) in [7, 11) is -4.16. The predicted molar refractivity (Wildman–Crippen MR) is 152 cm³/mol. The van der Waals surface area contributed by atoms with E-state index in [1.54, 1.807) is 57.2 Å². The van der Waals surface area contributed by atoms with Crippen molar-refractivity contribution in [1.82, 2.24) is 10.2 Å². The molecule has 38 heavy (non-hydrogen) atoms. The van der Waals surface area contributed by atoms with Gasteiger partial charge in [-0.15, -0.1) is 0 Å². The molecule has 0 bridgehead atoms. The Morgan fingerprint density at radius 2 is 1.42 bits per heavy atom. The zero-order valence-electron chi connectivity index (χ0n) is 21.1. The number of halogens is 3. The smallest absolute Gasteiger partial charge is 0.264 e. The van der Waals surface area contributed by atoms with Crippen LogP contribution in [-0.4, -0.2) is 43.8 Å². The number of nitrogens with one attached hydrogen (secondary N) is 1. The molecular weight excluding hydrogens is 569 g/mol. The standard InChI is InChI=1S/C27H28Cl3N3O4S/c1-18(2)31-27(35)19(3)32(16-23-24(29)10-7-11-25(23)30)26(34)17-33(21-14-12-20(28)13-15-21)38(36,37)22-8-5-4-6-9-22/h4-15,18-19H,16-17H2,1-3H3,(H,31,35). The molecule has 0 fully saturated rings. The molecule has 0 spiro atoms. The van der Waals surface area contributed by atoms with Gasteiger partial charge in [-0.1, -0.05) is 59.1 Å². The molecule has 3 aromatic carbocycles. The van der Waals surface area contributed by atoms with Crippen LogP contribution in [0.5, 0.6) is 0 Å². The number of hydrogen-bond acceptors (Lipinski definition) is 4. The number of sulfonamides is 1. The van der Waals surface area contributed by atoms with E-state index in [0.29, 0.717) is 20.6 Å². The van der Waals surface area contributed by atoms with Crippen molar-refractivity contribution in [3.8, 4) is 0 Å². The molecule has 0 aliphatic heterocycles. The van der Waals surface area contributed by atoms with E-state index in [4.69, 9.17) is 34.8 Å². The molecule has 1 atom stereocenters. The highest BCUT2D eigenvalue weighted by atomic mass is 35.5. The van der Waals surface area contributed by atoms with Gasteiger partial charge in [-0.05, 0) is 69.3 Å². The molecule has 0 aromatic heterocycles. The number of carbonyl (C=O) groups is 2. The second-order valence-electron chi connectivity index (χ2n) is 8.86. The minimum absolute atomic E-state index is 0.00838. The Hall–Kier alpha value is -2.78. The molecule has 1 unspecified atom stereocenters. The fourth-order valence-electron chi connectivity index (χ4n) is 3.70. The van der Waals surface area contributed by atoms with Gasteiger partial charge in [-0.25, -0.2) is 8.42 Å². The molecule has 3 rings (SSSR count). The number of hydrogen-bond donors (Lipinski definition) is 1. The highest BCUT2D eigenvalue weighted by molar-refractivity contribution is 7.92. The van der Waals surface area contributed by atoms with E-state index in [0.717, 1.165) is 4.31 Å². The summed E-state index contributed by atoms with van der Waals surface area (Å²) in [4.78, 5) is 28.1. The van der Waals surface area contributed by atoms with Gasteiger partial charge in [0.05, 0.1) is 10.6 Å². The quantitative estimate of drug-likeness (QED) is 0.321. The first kappa shape index (κ1) is 29.8. The average Bonchev–Trinajstić information content (AvgIpc) is 2.87. The van der Waals surface area contributed by atoms with E-state index in [9.17, 15) is 18.0 Å². The van der Waals surface area contributed by atoms with Crippen molar-refractivity contribution in [3.63, 3.8) is 0 Å². The normalized spacial score (nSPS) is 12.2. The molecule has 0 saturated carbocycles. The second-order valence-corrected chi connectivity index (χ2v) is 12.0. The van der Waals surface area contributed by atoms with E-state index in [1.165, 1.54) is 41.3 Å². The molecule has 7 nitrogen and oxygen atoms in total. The van der Waals surface area contributed by atoms with Crippen LogP contribution in [0.3, 0.4) is 0 Å². The molecule has 3 aromatic rings. The van der Waals surface area contributed by atoms with Gasteiger partial charge < -0.3 is 10.2 Å². The van der Waals surface area contributed by atoms with E-state index >= 15 is 0 Å². The van der Waals surface area contributed by atoms with E-state index in [2.05, 4.69) is 5.32 Å². The summed E-state index contributed by atoms with van der Waals surface area (Å²) in [5.41, 5.74) is 0.680. The SMILES string of the molecule is CC(C)NC(=O)C(C)N(Cc1c(Cl)cccc1Cl)C(=O)CN(c1ccc(Cl)cc1)S(=O)(=O)c1ccccc1. The Labute approximate surface area is 238 Å². The number of anilines is 1. The van der Waals surface area contributed by atoms with Crippen LogP contribution in [0, 0.1) is 0 Å². The minimum Gasteiger partial charge on any atom is -0.352 e. The lowest BCUT2D eigenvalue weighted by Crippen LogP contribution is -2.52. The molecule has 0 aliphatic rings. The van der Waals surface area contributed by atoms with Crippen LogP contribution in [0.2, 0.25) is 15.1 Å². The summed E-state index contributed by atoms with van der Waals surface area (Å²) in [6.45, 7) is 4.48. The third-order valence-corrected chi connectivity index (χ3v) is 8.46. The average molecular weight is 597 g/mol. The van der Waals surface area contributed by atoms with E-state index < -0.39 is 34.4 Å². The third-order valence-electron chi connectivity index (χ3n) is 5.71. The van der Waals surface area contributed by atoms with Gasteiger partial charge in [-0.3, -0.25) is 13.9 Å². The summed E-state index contributed by atoms with van der Waals surface area (Å²) in [5, 5.41) is 3.84. The molecule has 0 heterocycles. The minimum atomic E-state index is -4.16. The summed E-state index contributed by atoms with van der Waals surface area (Å²) in [6, 6.07) is 17.7. The summed E-state index contributed by atoms with van der Waals surface area (Å²) in [6.07, 6.45) is 0. The maximum absolute atomic E-state index is 13.9. The van der Waals surface area contributed by atoms with Crippen molar-refractivity contribution in [3.05, 3.63) is 93.4 Å². The van der Waals surface area contributed by atoms with Gasteiger partial charge in [0.2, 0.25) is 11.8 Å². The number of rotatable bonds is 10. The third kappa shape index (κ3) is 7.20. The van der Waals surface area contributed by atoms with Crippen LogP contribution in [0.25, 0.3) is 0 Å². The fraction of sp³-hybridized carbons (Fsp3) is 0.259. The number of benzene rings is 3. The Morgan fingerprint density at radius 3 is 1.97 bits per heavy atom. The molecule has 0 radical (unpaired) electrons. The zero-order chi connectivity index (χ0) is 28.0. The maximum Gasteiger partial charge on any atom is 0.264 e. The van der Waals surface area contributed by atoms with Crippen molar-refractivity contribution in [2.45, 2.75) is 44.3 Å². The van der Waals surface area contributed by atoms with Gasteiger partial charge >= 0.3 is 0 Å². The Bertz CT molecular complexity index is 1360.